The summed E-state index contributed by atoms with van der Waals surface area (Å²) in [5.41, 5.74) is 1.60. The Morgan fingerprint density at radius 1 is 1.00 bits per heavy atom. The molecule has 0 radical (unpaired) electrons. The van der Waals surface area contributed by atoms with E-state index in [2.05, 4.69) is 10.3 Å². The van der Waals surface area contributed by atoms with Crippen molar-refractivity contribution in [2.45, 2.75) is 12.8 Å². The van der Waals surface area contributed by atoms with Crippen molar-refractivity contribution in [3.05, 3.63) is 83.8 Å². The molecule has 1 aromatic heterocycles. The summed E-state index contributed by atoms with van der Waals surface area (Å²) in [5.74, 6) is 1.03. The Hall–Kier alpha value is -3.11. The van der Waals surface area contributed by atoms with Crippen molar-refractivity contribution in [3.8, 4) is 11.3 Å². The first-order valence-corrected chi connectivity index (χ1v) is 9.06. The minimum atomic E-state index is -0.0798. The van der Waals surface area contributed by atoms with Crippen molar-refractivity contribution in [2.75, 3.05) is 5.32 Å². The highest BCUT2D eigenvalue weighted by atomic mass is 35.5. The number of hydrogen-bond donors (Lipinski definition) is 1. The molecule has 27 heavy (non-hydrogen) atoms. The Balaban J connectivity index is 1.42. The lowest BCUT2D eigenvalue weighted by molar-refractivity contribution is -0.116. The number of hydrogen-bond acceptors (Lipinski definition) is 3. The number of aryl methyl sites for hydroxylation is 1. The monoisotopic (exact) mass is 376 g/mol. The summed E-state index contributed by atoms with van der Waals surface area (Å²) in [6.07, 6.45) is 2.34. The molecule has 0 bridgehead atoms. The Bertz CT molecular complexity index is 1100. The van der Waals surface area contributed by atoms with Crippen LogP contribution in [0.5, 0.6) is 0 Å². The molecule has 1 heterocycles. The zero-order chi connectivity index (χ0) is 18.6. The summed E-state index contributed by atoms with van der Waals surface area (Å²) in [6, 6.07) is 21.2. The second kappa shape index (κ2) is 7.64. The molecule has 134 valence electrons. The second-order valence-electron chi connectivity index (χ2n) is 6.17. The predicted molar refractivity (Wildman–Crippen MR) is 108 cm³/mol. The molecular formula is C22H17ClN2O2. The molecule has 0 saturated heterocycles. The van der Waals surface area contributed by atoms with E-state index < -0.39 is 0 Å². The summed E-state index contributed by atoms with van der Waals surface area (Å²) in [7, 11) is 0. The SMILES string of the molecule is O=C(CCc1ncc(-c2ccccc2Cl)o1)Nc1cccc2ccccc12. The first-order chi connectivity index (χ1) is 13.2. The van der Waals surface area contributed by atoms with E-state index >= 15 is 0 Å². The molecule has 3 aromatic carbocycles. The fourth-order valence-electron chi connectivity index (χ4n) is 2.98. The number of anilines is 1. The van der Waals surface area contributed by atoms with Gasteiger partial charge >= 0.3 is 0 Å². The highest BCUT2D eigenvalue weighted by Crippen LogP contribution is 2.28. The highest BCUT2D eigenvalue weighted by Gasteiger charge is 2.12. The number of nitrogens with zero attached hydrogens (tertiary/aromatic N) is 1. The minimum absolute atomic E-state index is 0.0798. The van der Waals surface area contributed by atoms with E-state index in [-0.39, 0.29) is 12.3 Å². The van der Waals surface area contributed by atoms with E-state index in [9.17, 15) is 4.79 Å². The smallest absolute Gasteiger partial charge is 0.224 e. The molecule has 0 aliphatic carbocycles. The summed E-state index contributed by atoms with van der Waals surface area (Å²) in [6.45, 7) is 0. The number of aromatic nitrogens is 1. The maximum Gasteiger partial charge on any atom is 0.224 e. The van der Waals surface area contributed by atoms with Crippen LogP contribution in [0.1, 0.15) is 12.3 Å². The average Bonchev–Trinajstić information content (AvgIpc) is 3.16. The molecule has 0 saturated carbocycles. The number of carbonyl (C=O) groups excluding carboxylic acids is 1. The predicted octanol–water partition coefficient (Wildman–Crippen LogP) is 5.72. The van der Waals surface area contributed by atoms with Crippen LogP contribution in [0.3, 0.4) is 0 Å². The largest absolute Gasteiger partial charge is 0.441 e. The Kier molecular flexibility index (Phi) is 4.90. The molecule has 0 spiro atoms. The van der Waals surface area contributed by atoms with Crippen molar-refractivity contribution in [1.82, 2.24) is 4.98 Å². The van der Waals surface area contributed by atoms with Gasteiger partial charge in [0.25, 0.3) is 0 Å². The quantitative estimate of drug-likeness (QED) is 0.484. The summed E-state index contributed by atoms with van der Waals surface area (Å²) in [4.78, 5) is 16.6. The van der Waals surface area contributed by atoms with E-state index in [1.54, 1.807) is 12.3 Å². The number of fused-ring (bicyclic) bond motifs is 1. The van der Waals surface area contributed by atoms with Gasteiger partial charge in [0.05, 0.1) is 11.2 Å². The molecule has 0 aliphatic heterocycles. The number of oxazole rings is 1. The number of rotatable bonds is 5. The molecule has 0 unspecified atom stereocenters. The summed E-state index contributed by atoms with van der Waals surface area (Å²) >= 11 is 6.18. The fraction of sp³-hybridized carbons (Fsp3) is 0.0909. The first kappa shape index (κ1) is 17.3. The molecular weight excluding hydrogens is 360 g/mol. The van der Waals surface area contributed by atoms with Crippen LogP contribution in [-0.2, 0) is 11.2 Å². The lowest BCUT2D eigenvalue weighted by atomic mass is 10.1. The van der Waals surface area contributed by atoms with Gasteiger partial charge in [-0.15, -0.1) is 0 Å². The van der Waals surface area contributed by atoms with Gasteiger partial charge < -0.3 is 9.73 Å². The highest BCUT2D eigenvalue weighted by molar-refractivity contribution is 6.33. The summed E-state index contributed by atoms with van der Waals surface area (Å²) in [5, 5.41) is 5.69. The topological polar surface area (TPSA) is 55.1 Å². The molecule has 0 aliphatic rings. The third-order valence-electron chi connectivity index (χ3n) is 4.32. The van der Waals surface area contributed by atoms with Crippen LogP contribution in [-0.4, -0.2) is 10.9 Å². The molecule has 1 N–H and O–H groups in total. The zero-order valence-corrected chi connectivity index (χ0v) is 15.2. The molecule has 5 heteroatoms. The maximum atomic E-state index is 12.4. The summed E-state index contributed by atoms with van der Waals surface area (Å²) < 4.78 is 5.75. The van der Waals surface area contributed by atoms with Gasteiger partial charge in [-0.3, -0.25) is 4.79 Å². The van der Waals surface area contributed by atoms with Gasteiger partial charge in [0.2, 0.25) is 5.91 Å². The van der Waals surface area contributed by atoms with Crippen LogP contribution in [0.2, 0.25) is 5.02 Å². The van der Waals surface area contributed by atoms with Crippen LogP contribution in [0.4, 0.5) is 5.69 Å². The molecule has 0 fully saturated rings. The van der Waals surface area contributed by atoms with E-state index in [1.807, 2.05) is 60.7 Å². The van der Waals surface area contributed by atoms with Gasteiger partial charge in [-0.1, -0.05) is 60.1 Å². The standard InChI is InChI=1S/C22H17ClN2O2/c23-18-10-4-3-9-17(18)20-14-24-22(27-20)13-12-21(26)25-19-11-5-7-15-6-1-2-8-16(15)19/h1-11,14H,12-13H2,(H,25,26). The second-order valence-corrected chi connectivity index (χ2v) is 6.58. The van der Waals surface area contributed by atoms with Crippen LogP contribution in [0.15, 0.2) is 77.3 Å². The number of amides is 1. The lowest BCUT2D eigenvalue weighted by Crippen LogP contribution is -2.12. The third-order valence-corrected chi connectivity index (χ3v) is 4.65. The van der Waals surface area contributed by atoms with E-state index in [0.717, 1.165) is 22.0 Å². The Morgan fingerprint density at radius 3 is 2.67 bits per heavy atom. The molecule has 4 aromatic rings. The van der Waals surface area contributed by atoms with E-state index in [0.29, 0.717) is 23.1 Å². The van der Waals surface area contributed by atoms with Crippen molar-refractivity contribution in [1.29, 1.82) is 0 Å². The molecule has 4 rings (SSSR count). The third kappa shape index (κ3) is 3.86. The van der Waals surface area contributed by atoms with Gasteiger partial charge in [-0.05, 0) is 23.6 Å². The van der Waals surface area contributed by atoms with Crippen LogP contribution >= 0.6 is 11.6 Å². The minimum Gasteiger partial charge on any atom is -0.441 e. The van der Waals surface area contributed by atoms with Crippen molar-refractivity contribution < 1.29 is 9.21 Å². The van der Waals surface area contributed by atoms with Gasteiger partial charge in [-0.2, -0.15) is 0 Å². The lowest BCUT2D eigenvalue weighted by Gasteiger charge is -2.08. The van der Waals surface area contributed by atoms with Crippen molar-refractivity contribution in [2.24, 2.45) is 0 Å². The number of benzene rings is 3. The normalized spacial score (nSPS) is 10.9. The van der Waals surface area contributed by atoms with Gasteiger partial charge in [0, 0.05) is 29.5 Å². The van der Waals surface area contributed by atoms with Gasteiger partial charge in [0.15, 0.2) is 11.7 Å². The molecule has 0 atom stereocenters. The average molecular weight is 377 g/mol. The first-order valence-electron chi connectivity index (χ1n) is 8.68. The van der Waals surface area contributed by atoms with Crippen LogP contribution < -0.4 is 5.32 Å². The number of carbonyl (C=O) groups is 1. The Morgan fingerprint density at radius 2 is 1.78 bits per heavy atom. The van der Waals surface area contributed by atoms with Gasteiger partial charge in [0.1, 0.15) is 0 Å². The maximum absolute atomic E-state index is 12.4. The van der Waals surface area contributed by atoms with Crippen LogP contribution in [0.25, 0.3) is 22.1 Å². The van der Waals surface area contributed by atoms with Crippen molar-refractivity contribution in [3.63, 3.8) is 0 Å². The zero-order valence-electron chi connectivity index (χ0n) is 14.5. The number of halogens is 1. The van der Waals surface area contributed by atoms with E-state index in [4.69, 9.17) is 16.0 Å². The number of nitrogens with one attached hydrogen (secondary N) is 1. The Labute approximate surface area is 161 Å². The molecule has 4 nitrogen and oxygen atoms in total. The van der Waals surface area contributed by atoms with Gasteiger partial charge in [-0.25, -0.2) is 4.98 Å². The van der Waals surface area contributed by atoms with Crippen molar-refractivity contribution >= 4 is 34.0 Å². The fourth-order valence-corrected chi connectivity index (χ4v) is 3.21. The van der Waals surface area contributed by atoms with E-state index in [1.165, 1.54) is 0 Å². The molecule has 1 amide bonds. The van der Waals surface area contributed by atoms with Crippen LogP contribution in [0, 0.1) is 0 Å².